The van der Waals surface area contributed by atoms with Gasteiger partial charge in [0.1, 0.15) is 12.4 Å². The summed E-state index contributed by atoms with van der Waals surface area (Å²) in [6.45, 7) is 4.51. The number of methoxy groups -OCH3 is 1. The zero-order valence-electron chi connectivity index (χ0n) is 18.6. The van der Waals surface area contributed by atoms with Crippen LogP contribution in [0.15, 0.2) is 71.8 Å². The minimum Gasteiger partial charge on any atom is -0.495 e. The molecule has 0 spiro atoms. The van der Waals surface area contributed by atoms with Gasteiger partial charge in [0.15, 0.2) is 5.84 Å². The maximum absolute atomic E-state index is 5.79. The molecule has 0 radical (unpaired) electrons. The average Bonchev–Trinajstić information content (AvgIpc) is 3.13. The molecule has 1 unspecified atom stereocenters. The number of aromatic nitrogens is 2. The lowest BCUT2D eigenvalue weighted by atomic mass is 9.96. The van der Waals surface area contributed by atoms with E-state index < -0.39 is 0 Å². The van der Waals surface area contributed by atoms with E-state index >= 15 is 0 Å². The van der Waals surface area contributed by atoms with E-state index in [2.05, 4.69) is 69.6 Å². The maximum Gasteiger partial charge on any atom is 0.171 e. The molecular formula is C26H28N4O2. The van der Waals surface area contributed by atoms with Gasteiger partial charge in [-0.25, -0.2) is 4.98 Å². The number of rotatable bonds is 4. The fourth-order valence-electron chi connectivity index (χ4n) is 4.50. The van der Waals surface area contributed by atoms with E-state index in [4.69, 9.17) is 9.57 Å². The van der Waals surface area contributed by atoms with E-state index in [1.54, 1.807) is 7.11 Å². The lowest BCUT2D eigenvalue weighted by Crippen LogP contribution is -2.39. The first kappa shape index (κ1) is 20.4. The predicted octanol–water partition coefficient (Wildman–Crippen LogP) is 4.80. The van der Waals surface area contributed by atoms with Crippen molar-refractivity contribution in [1.29, 1.82) is 0 Å². The first-order valence-electron chi connectivity index (χ1n) is 11.1. The summed E-state index contributed by atoms with van der Waals surface area (Å²) in [5, 5.41) is 4.54. The minimum atomic E-state index is 0.315. The van der Waals surface area contributed by atoms with Crippen LogP contribution in [-0.2, 0) is 4.84 Å². The number of aryl methyl sites for hydroxylation is 1. The fraction of sp³-hybridized carbons (Fsp3) is 0.308. The van der Waals surface area contributed by atoms with Crippen LogP contribution in [0.25, 0.3) is 11.8 Å². The molecule has 1 aromatic heterocycles. The molecule has 3 aromatic rings. The Morgan fingerprint density at radius 2 is 2.03 bits per heavy atom. The normalized spacial score (nSPS) is 19.7. The summed E-state index contributed by atoms with van der Waals surface area (Å²) in [6, 6.07) is 16.8. The molecule has 2 aliphatic heterocycles. The van der Waals surface area contributed by atoms with Crippen LogP contribution in [-0.4, -0.2) is 47.1 Å². The average molecular weight is 429 g/mol. The number of benzene rings is 2. The summed E-state index contributed by atoms with van der Waals surface area (Å²) in [5.41, 5.74) is 5.54. The topological polar surface area (TPSA) is 51.9 Å². The summed E-state index contributed by atoms with van der Waals surface area (Å²) in [4.78, 5) is 12.5. The second kappa shape index (κ2) is 8.91. The number of nitrogens with zero attached hydrogens (tertiary/aromatic N) is 4. The van der Waals surface area contributed by atoms with Gasteiger partial charge in [0, 0.05) is 25.2 Å². The third kappa shape index (κ3) is 4.13. The molecule has 2 aromatic carbocycles. The molecule has 0 bridgehead atoms. The first-order chi connectivity index (χ1) is 15.7. The van der Waals surface area contributed by atoms with Gasteiger partial charge >= 0.3 is 0 Å². The summed E-state index contributed by atoms with van der Waals surface area (Å²) >= 11 is 0. The summed E-state index contributed by atoms with van der Waals surface area (Å²) < 4.78 is 7.67. The van der Waals surface area contributed by atoms with Gasteiger partial charge in [-0.1, -0.05) is 41.6 Å². The SMILES string of the molecule is COc1cc(/C=C2\CCCN3CC(c4ccccc4)CON=C23)ccc1-n1cnc(C)c1. The Morgan fingerprint density at radius 3 is 2.81 bits per heavy atom. The Kier molecular flexibility index (Phi) is 5.67. The van der Waals surface area contributed by atoms with Crippen molar-refractivity contribution >= 4 is 11.9 Å². The second-order valence-electron chi connectivity index (χ2n) is 8.39. The third-order valence-electron chi connectivity index (χ3n) is 6.13. The lowest BCUT2D eigenvalue weighted by molar-refractivity contribution is 0.135. The second-order valence-corrected chi connectivity index (χ2v) is 8.39. The highest BCUT2D eigenvalue weighted by molar-refractivity contribution is 6.02. The Hall–Kier alpha value is -3.54. The lowest BCUT2D eigenvalue weighted by Gasteiger charge is -2.31. The van der Waals surface area contributed by atoms with Crippen molar-refractivity contribution in [1.82, 2.24) is 14.5 Å². The smallest absolute Gasteiger partial charge is 0.171 e. The van der Waals surface area contributed by atoms with E-state index in [0.29, 0.717) is 12.5 Å². The molecule has 2 aliphatic rings. The van der Waals surface area contributed by atoms with E-state index in [1.807, 2.05) is 24.0 Å². The van der Waals surface area contributed by atoms with Crippen LogP contribution in [0.2, 0.25) is 0 Å². The first-order valence-corrected chi connectivity index (χ1v) is 11.1. The van der Waals surface area contributed by atoms with Crippen molar-refractivity contribution < 1.29 is 9.57 Å². The number of oxime groups is 1. The molecule has 0 aliphatic carbocycles. The molecule has 6 heteroatoms. The zero-order valence-corrected chi connectivity index (χ0v) is 18.6. The van der Waals surface area contributed by atoms with Crippen LogP contribution < -0.4 is 4.74 Å². The number of fused-ring (bicyclic) bond motifs is 1. The van der Waals surface area contributed by atoms with Gasteiger partial charge in [0.2, 0.25) is 0 Å². The van der Waals surface area contributed by atoms with E-state index in [1.165, 1.54) is 11.1 Å². The Bertz CT molecular complexity index is 1150. The monoisotopic (exact) mass is 428 g/mol. The molecule has 5 rings (SSSR count). The number of amidine groups is 1. The van der Waals surface area contributed by atoms with Gasteiger partial charge in [-0.15, -0.1) is 0 Å². The highest BCUT2D eigenvalue weighted by atomic mass is 16.6. The van der Waals surface area contributed by atoms with Crippen LogP contribution >= 0.6 is 0 Å². The Balaban J connectivity index is 1.41. The zero-order chi connectivity index (χ0) is 21.9. The summed E-state index contributed by atoms with van der Waals surface area (Å²) in [5.74, 6) is 2.09. The van der Waals surface area contributed by atoms with Crippen molar-refractivity contribution in [3.05, 3.63) is 83.4 Å². The van der Waals surface area contributed by atoms with Crippen molar-refractivity contribution in [2.75, 3.05) is 26.8 Å². The molecule has 1 saturated heterocycles. The van der Waals surface area contributed by atoms with Gasteiger partial charge in [0.25, 0.3) is 0 Å². The van der Waals surface area contributed by atoms with Crippen LogP contribution in [0, 0.1) is 6.92 Å². The van der Waals surface area contributed by atoms with Gasteiger partial charge in [-0.2, -0.15) is 0 Å². The Morgan fingerprint density at radius 1 is 1.16 bits per heavy atom. The summed E-state index contributed by atoms with van der Waals surface area (Å²) in [6.07, 6.45) is 8.11. The molecule has 0 saturated carbocycles. The van der Waals surface area contributed by atoms with E-state index in [9.17, 15) is 0 Å². The number of ether oxygens (including phenoxy) is 1. The van der Waals surface area contributed by atoms with Crippen LogP contribution in [0.1, 0.15) is 35.6 Å². The van der Waals surface area contributed by atoms with Gasteiger partial charge in [-0.3, -0.25) is 0 Å². The van der Waals surface area contributed by atoms with Crippen LogP contribution in [0.5, 0.6) is 5.75 Å². The van der Waals surface area contributed by atoms with Gasteiger partial charge in [-0.05, 0) is 54.7 Å². The molecule has 1 atom stereocenters. The Labute approximate surface area is 188 Å². The standard InChI is InChI=1S/C26H28N4O2/c1-19-15-30(18-27-19)24-11-10-20(14-25(24)31-2)13-22-9-6-12-29-16-23(17-32-28-26(22)29)21-7-4-3-5-8-21/h3-5,7-8,10-11,13-15,18,23H,6,9,12,16-17H2,1-2H3/b22-13+. The third-order valence-corrected chi connectivity index (χ3v) is 6.13. The molecule has 6 nitrogen and oxygen atoms in total. The molecule has 164 valence electrons. The molecule has 3 heterocycles. The predicted molar refractivity (Wildman–Crippen MR) is 126 cm³/mol. The van der Waals surface area contributed by atoms with Gasteiger partial charge < -0.3 is 19.0 Å². The highest BCUT2D eigenvalue weighted by Gasteiger charge is 2.28. The van der Waals surface area contributed by atoms with Crippen molar-refractivity contribution in [3.63, 3.8) is 0 Å². The van der Waals surface area contributed by atoms with E-state index in [0.717, 1.165) is 54.5 Å². The van der Waals surface area contributed by atoms with Crippen LogP contribution in [0.4, 0.5) is 0 Å². The molecule has 1 fully saturated rings. The van der Waals surface area contributed by atoms with Crippen molar-refractivity contribution in [2.45, 2.75) is 25.7 Å². The van der Waals surface area contributed by atoms with Gasteiger partial charge in [0.05, 0.1) is 24.8 Å². The van der Waals surface area contributed by atoms with Crippen LogP contribution in [0.3, 0.4) is 0 Å². The molecule has 0 N–H and O–H groups in total. The number of piperidine rings is 1. The number of hydrogen-bond donors (Lipinski definition) is 0. The minimum absolute atomic E-state index is 0.315. The largest absolute Gasteiger partial charge is 0.495 e. The highest BCUT2D eigenvalue weighted by Crippen LogP contribution is 2.30. The molecular weight excluding hydrogens is 400 g/mol. The quantitative estimate of drug-likeness (QED) is 0.599. The summed E-state index contributed by atoms with van der Waals surface area (Å²) in [7, 11) is 1.70. The number of hydrogen-bond acceptors (Lipinski definition) is 5. The van der Waals surface area contributed by atoms with Crippen molar-refractivity contribution in [3.8, 4) is 11.4 Å². The maximum atomic E-state index is 5.79. The van der Waals surface area contributed by atoms with Crippen molar-refractivity contribution in [2.24, 2.45) is 5.16 Å². The number of imidazole rings is 1. The van der Waals surface area contributed by atoms with E-state index in [-0.39, 0.29) is 0 Å². The molecule has 32 heavy (non-hydrogen) atoms. The fourth-order valence-corrected chi connectivity index (χ4v) is 4.50. The molecule has 0 amide bonds.